The number of likely N-dealkylation sites (tertiary alicyclic amines) is 1. The molecule has 0 aliphatic carbocycles. The molecule has 1 saturated heterocycles. The quantitative estimate of drug-likeness (QED) is 0.720. The van der Waals surface area contributed by atoms with Gasteiger partial charge in [-0.15, -0.1) is 11.3 Å². The SMILES string of the molecule is O=C(c1csc(-c2ncccn2)n1)N1CC(c2ccc(Cl)cc2)C1. The lowest BCUT2D eigenvalue weighted by Crippen LogP contribution is -2.48. The summed E-state index contributed by atoms with van der Waals surface area (Å²) in [6.45, 7) is 1.41. The van der Waals surface area contributed by atoms with Crippen molar-refractivity contribution in [1.82, 2.24) is 19.9 Å². The molecule has 0 radical (unpaired) electrons. The van der Waals surface area contributed by atoms with Crippen molar-refractivity contribution in [2.45, 2.75) is 5.92 Å². The van der Waals surface area contributed by atoms with E-state index < -0.39 is 0 Å². The zero-order chi connectivity index (χ0) is 16.5. The van der Waals surface area contributed by atoms with Crippen LogP contribution in [0.2, 0.25) is 5.02 Å². The first-order chi connectivity index (χ1) is 11.7. The van der Waals surface area contributed by atoms with Gasteiger partial charge in [0.05, 0.1) is 0 Å². The average molecular weight is 357 g/mol. The van der Waals surface area contributed by atoms with Crippen LogP contribution in [0.4, 0.5) is 0 Å². The van der Waals surface area contributed by atoms with E-state index in [0.29, 0.717) is 35.5 Å². The highest BCUT2D eigenvalue weighted by atomic mass is 35.5. The summed E-state index contributed by atoms with van der Waals surface area (Å²) in [4.78, 5) is 27.0. The number of amides is 1. The van der Waals surface area contributed by atoms with Crippen LogP contribution < -0.4 is 0 Å². The van der Waals surface area contributed by atoms with Crippen LogP contribution in [-0.4, -0.2) is 38.8 Å². The summed E-state index contributed by atoms with van der Waals surface area (Å²) in [6, 6.07) is 9.55. The normalized spacial score (nSPS) is 14.5. The van der Waals surface area contributed by atoms with Gasteiger partial charge in [-0.2, -0.15) is 0 Å². The third kappa shape index (κ3) is 2.90. The van der Waals surface area contributed by atoms with Crippen molar-refractivity contribution in [2.24, 2.45) is 0 Å². The molecule has 1 aliphatic rings. The van der Waals surface area contributed by atoms with Crippen LogP contribution in [0.25, 0.3) is 10.8 Å². The highest BCUT2D eigenvalue weighted by Gasteiger charge is 2.33. The molecular weight excluding hydrogens is 344 g/mol. The molecule has 1 amide bonds. The molecule has 120 valence electrons. The van der Waals surface area contributed by atoms with E-state index in [1.807, 2.05) is 29.2 Å². The fourth-order valence-electron chi connectivity index (χ4n) is 2.64. The second kappa shape index (κ2) is 6.30. The molecule has 3 aromatic rings. The van der Waals surface area contributed by atoms with Crippen LogP contribution in [0.15, 0.2) is 48.1 Å². The summed E-state index contributed by atoms with van der Waals surface area (Å²) in [7, 11) is 0. The van der Waals surface area contributed by atoms with Crippen molar-refractivity contribution in [3.63, 3.8) is 0 Å². The number of carbonyl (C=O) groups is 1. The summed E-state index contributed by atoms with van der Waals surface area (Å²) < 4.78 is 0. The average Bonchev–Trinajstić information content (AvgIpc) is 3.06. The molecule has 24 heavy (non-hydrogen) atoms. The van der Waals surface area contributed by atoms with Gasteiger partial charge in [0.25, 0.3) is 5.91 Å². The van der Waals surface area contributed by atoms with E-state index in [4.69, 9.17) is 11.6 Å². The highest BCUT2D eigenvalue weighted by Crippen LogP contribution is 2.30. The maximum absolute atomic E-state index is 12.5. The zero-order valence-electron chi connectivity index (χ0n) is 12.6. The Morgan fingerprint density at radius 1 is 1.17 bits per heavy atom. The van der Waals surface area contributed by atoms with Gasteiger partial charge in [-0.1, -0.05) is 23.7 Å². The van der Waals surface area contributed by atoms with E-state index in [9.17, 15) is 4.79 Å². The van der Waals surface area contributed by atoms with E-state index in [2.05, 4.69) is 15.0 Å². The second-order valence-electron chi connectivity index (χ2n) is 5.57. The number of rotatable bonds is 3. The Labute approximate surface area is 148 Å². The minimum absolute atomic E-state index is 0.0429. The maximum atomic E-state index is 12.5. The second-order valence-corrected chi connectivity index (χ2v) is 6.86. The molecule has 0 unspecified atom stereocenters. The molecular formula is C17H13ClN4OS. The van der Waals surface area contributed by atoms with E-state index in [-0.39, 0.29) is 5.91 Å². The molecule has 1 fully saturated rings. The Morgan fingerprint density at radius 2 is 1.88 bits per heavy atom. The van der Waals surface area contributed by atoms with E-state index in [1.165, 1.54) is 16.9 Å². The molecule has 2 aromatic heterocycles. The van der Waals surface area contributed by atoms with Crippen LogP contribution in [-0.2, 0) is 0 Å². The summed E-state index contributed by atoms with van der Waals surface area (Å²) in [6.07, 6.45) is 3.33. The Kier molecular flexibility index (Phi) is 4.00. The minimum Gasteiger partial charge on any atom is -0.336 e. The van der Waals surface area contributed by atoms with Crippen molar-refractivity contribution in [3.05, 3.63) is 64.4 Å². The molecule has 0 N–H and O–H groups in total. The van der Waals surface area contributed by atoms with E-state index in [1.54, 1.807) is 23.8 Å². The van der Waals surface area contributed by atoms with Gasteiger partial charge in [0, 0.05) is 41.8 Å². The summed E-state index contributed by atoms with van der Waals surface area (Å²) >= 11 is 7.29. The Balaban J connectivity index is 1.43. The van der Waals surface area contributed by atoms with E-state index in [0.717, 1.165) is 5.02 Å². The molecule has 0 saturated carbocycles. The van der Waals surface area contributed by atoms with Gasteiger partial charge in [-0.25, -0.2) is 15.0 Å². The van der Waals surface area contributed by atoms with Crippen molar-refractivity contribution in [2.75, 3.05) is 13.1 Å². The maximum Gasteiger partial charge on any atom is 0.273 e. The Bertz CT molecular complexity index is 860. The van der Waals surface area contributed by atoms with Crippen molar-refractivity contribution in [1.29, 1.82) is 0 Å². The number of thiazole rings is 1. The molecule has 4 rings (SSSR count). The van der Waals surface area contributed by atoms with Gasteiger partial charge in [0.1, 0.15) is 5.69 Å². The van der Waals surface area contributed by atoms with Gasteiger partial charge in [0.2, 0.25) is 0 Å². The third-order valence-electron chi connectivity index (χ3n) is 3.99. The Morgan fingerprint density at radius 3 is 2.58 bits per heavy atom. The largest absolute Gasteiger partial charge is 0.336 e. The predicted molar refractivity (Wildman–Crippen MR) is 93.2 cm³/mol. The van der Waals surface area contributed by atoms with Gasteiger partial charge in [0.15, 0.2) is 10.8 Å². The first-order valence-electron chi connectivity index (χ1n) is 7.48. The minimum atomic E-state index is -0.0429. The highest BCUT2D eigenvalue weighted by molar-refractivity contribution is 7.13. The van der Waals surface area contributed by atoms with Gasteiger partial charge < -0.3 is 4.90 Å². The number of halogens is 1. The molecule has 0 spiro atoms. The summed E-state index contributed by atoms with van der Waals surface area (Å²) in [5.41, 5.74) is 1.66. The molecule has 3 heterocycles. The molecule has 0 atom stereocenters. The van der Waals surface area contributed by atoms with Crippen molar-refractivity contribution in [3.8, 4) is 10.8 Å². The summed E-state index contributed by atoms with van der Waals surface area (Å²) in [5.74, 6) is 0.865. The zero-order valence-corrected chi connectivity index (χ0v) is 14.2. The number of hydrogen-bond acceptors (Lipinski definition) is 5. The number of nitrogens with zero attached hydrogens (tertiary/aromatic N) is 4. The van der Waals surface area contributed by atoms with Gasteiger partial charge >= 0.3 is 0 Å². The molecule has 7 heteroatoms. The number of aromatic nitrogens is 3. The summed E-state index contributed by atoms with van der Waals surface area (Å²) in [5, 5.41) is 3.15. The molecule has 1 aliphatic heterocycles. The molecule has 1 aromatic carbocycles. The monoisotopic (exact) mass is 356 g/mol. The molecule has 5 nitrogen and oxygen atoms in total. The number of carbonyl (C=O) groups excluding carboxylic acids is 1. The predicted octanol–water partition coefficient (Wildman–Crippen LogP) is 3.49. The van der Waals surface area contributed by atoms with E-state index >= 15 is 0 Å². The first kappa shape index (κ1) is 15.2. The van der Waals surface area contributed by atoms with Crippen LogP contribution in [0.5, 0.6) is 0 Å². The first-order valence-corrected chi connectivity index (χ1v) is 8.74. The van der Waals surface area contributed by atoms with Gasteiger partial charge in [-0.05, 0) is 23.8 Å². The van der Waals surface area contributed by atoms with Crippen LogP contribution in [0, 0.1) is 0 Å². The van der Waals surface area contributed by atoms with Crippen molar-refractivity contribution < 1.29 is 4.79 Å². The van der Waals surface area contributed by atoms with Crippen LogP contribution in [0.3, 0.4) is 0 Å². The fraction of sp³-hybridized carbons (Fsp3) is 0.176. The standard InChI is InChI=1S/C17H13ClN4OS/c18-13-4-2-11(3-5-13)12-8-22(9-12)17(23)14-10-24-16(21-14)15-19-6-1-7-20-15/h1-7,10,12H,8-9H2. The van der Waals surface area contributed by atoms with Crippen LogP contribution >= 0.6 is 22.9 Å². The lowest BCUT2D eigenvalue weighted by molar-refractivity contribution is 0.0597. The smallest absolute Gasteiger partial charge is 0.273 e. The lowest BCUT2D eigenvalue weighted by Gasteiger charge is -2.39. The van der Waals surface area contributed by atoms with Gasteiger partial charge in [-0.3, -0.25) is 4.79 Å². The fourth-order valence-corrected chi connectivity index (χ4v) is 3.50. The topological polar surface area (TPSA) is 59.0 Å². The number of benzene rings is 1. The van der Waals surface area contributed by atoms with Crippen LogP contribution in [0.1, 0.15) is 22.0 Å². The number of hydrogen-bond donors (Lipinski definition) is 0. The lowest BCUT2D eigenvalue weighted by atomic mass is 9.91. The van der Waals surface area contributed by atoms with Crippen molar-refractivity contribution >= 4 is 28.8 Å². The molecule has 0 bridgehead atoms. The third-order valence-corrected chi connectivity index (χ3v) is 5.08. The Hall–Kier alpha value is -2.31.